The largest absolute Gasteiger partial charge is 0.497 e. The molecule has 27 heavy (non-hydrogen) atoms. The lowest BCUT2D eigenvalue weighted by Gasteiger charge is -2.11. The average molecular weight is 386 g/mol. The first-order valence-corrected chi connectivity index (χ1v) is 8.26. The number of carboxylic acids is 1. The van der Waals surface area contributed by atoms with Crippen molar-refractivity contribution in [3.8, 4) is 11.5 Å². The van der Waals surface area contributed by atoms with Gasteiger partial charge in [0, 0.05) is 11.8 Å². The summed E-state index contributed by atoms with van der Waals surface area (Å²) in [5.74, 6) is -0.224. The monoisotopic (exact) mass is 386 g/mol. The second-order valence-corrected chi connectivity index (χ2v) is 5.67. The molecule has 0 saturated carbocycles. The zero-order valence-electron chi connectivity index (χ0n) is 14.5. The van der Waals surface area contributed by atoms with Crippen LogP contribution in [0.4, 0.5) is 5.69 Å². The Morgan fingerprint density at radius 3 is 2.52 bits per heavy atom. The minimum atomic E-state index is -1.03. The fraction of sp³-hybridized carbons (Fsp3) is 0.105. The standard InChI is InChI=1S/C19H18N2O5S/c1-25-15-6-8-16(9-7-15)26-12-17(22)21-19(27)20-14-4-2-3-13(11-14)5-10-18(23)24/h2-11H,12H2,1H3,(H,23,24)(H2,20,21,22,27)/b10-5+. The molecule has 0 aliphatic heterocycles. The molecular formula is C19H18N2O5S. The lowest BCUT2D eigenvalue weighted by atomic mass is 10.2. The first-order valence-electron chi connectivity index (χ1n) is 7.85. The molecule has 2 aromatic carbocycles. The number of aliphatic carboxylic acids is 1. The number of hydrogen-bond acceptors (Lipinski definition) is 5. The summed E-state index contributed by atoms with van der Waals surface area (Å²) in [4.78, 5) is 22.5. The number of amides is 1. The third-order valence-electron chi connectivity index (χ3n) is 3.25. The smallest absolute Gasteiger partial charge is 0.328 e. The SMILES string of the molecule is COc1ccc(OCC(=O)NC(=S)Nc2cccc(/C=C/C(=O)O)c2)cc1. The van der Waals surface area contributed by atoms with Gasteiger partial charge in [0.2, 0.25) is 0 Å². The van der Waals surface area contributed by atoms with Crippen molar-refractivity contribution in [2.24, 2.45) is 0 Å². The predicted molar refractivity (Wildman–Crippen MR) is 106 cm³/mol. The van der Waals surface area contributed by atoms with Gasteiger partial charge in [-0.1, -0.05) is 12.1 Å². The van der Waals surface area contributed by atoms with Crippen molar-refractivity contribution in [2.75, 3.05) is 19.0 Å². The quantitative estimate of drug-likeness (QED) is 0.497. The van der Waals surface area contributed by atoms with E-state index >= 15 is 0 Å². The number of carbonyl (C=O) groups is 2. The van der Waals surface area contributed by atoms with Crippen LogP contribution in [0, 0.1) is 0 Å². The zero-order valence-corrected chi connectivity index (χ0v) is 15.3. The molecule has 0 atom stereocenters. The number of methoxy groups -OCH3 is 1. The van der Waals surface area contributed by atoms with Crippen LogP contribution in [0.5, 0.6) is 11.5 Å². The van der Waals surface area contributed by atoms with Crippen molar-refractivity contribution < 1.29 is 24.2 Å². The second kappa shape index (κ2) is 9.93. The van der Waals surface area contributed by atoms with E-state index in [1.165, 1.54) is 6.08 Å². The number of benzene rings is 2. The molecule has 1 amide bonds. The molecule has 0 unspecified atom stereocenters. The first kappa shape index (κ1) is 19.9. The summed E-state index contributed by atoms with van der Waals surface area (Å²) in [6, 6.07) is 13.8. The van der Waals surface area contributed by atoms with Crippen LogP contribution < -0.4 is 20.1 Å². The summed E-state index contributed by atoms with van der Waals surface area (Å²) < 4.78 is 10.4. The maximum absolute atomic E-state index is 11.9. The minimum absolute atomic E-state index is 0.109. The van der Waals surface area contributed by atoms with Gasteiger partial charge in [0.05, 0.1) is 7.11 Å². The van der Waals surface area contributed by atoms with Crippen molar-refractivity contribution in [1.82, 2.24) is 5.32 Å². The molecule has 0 heterocycles. The Labute approximate surface area is 161 Å². The van der Waals surface area contributed by atoms with Gasteiger partial charge < -0.3 is 19.9 Å². The third kappa shape index (κ3) is 7.17. The van der Waals surface area contributed by atoms with Gasteiger partial charge in [0.1, 0.15) is 11.5 Å². The molecule has 140 valence electrons. The third-order valence-corrected chi connectivity index (χ3v) is 3.45. The predicted octanol–water partition coefficient (Wildman–Crippen LogP) is 2.69. The van der Waals surface area contributed by atoms with Gasteiger partial charge in [-0.2, -0.15) is 0 Å². The van der Waals surface area contributed by atoms with Gasteiger partial charge in [-0.3, -0.25) is 10.1 Å². The van der Waals surface area contributed by atoms with Crippen molar-refractivity contribution in [3.63, 3.8) is 0 Å². The van der Waals surface area contributed by atoms with Gasteiger partial charge in [-0.15, -0.1) is 0 Å². The highest BCUT2D eigenvalue weighted by Crippen LogP contribution is 2.16. The number of carbonyl (C=O) groups excluding carboxylic acids is 1. The first-order chi connectivity index (χ1) is 13.0. The topological polar surface area (TPSA) is 96.9 Å². The number of hydrogen-bond donors (Lipinski definition) is 3. The molecule has 0 saturated heterocycles. The van der Waals surface area contributed by atoms with Crippen LogP contribution >= 0.6 is 12.2 Å². The van der Waals surface area contributed by atoms with Gasteiger partial charge in [-0.25, -0.2) is 4.79 Å². The zero-order chi connectivity index (χ0) is 19.6. The Kier molecular flexibility index (Phi) is 7.33. The maximum atomic E-state index is 11.9. The molecule has 2 aromatic rings. The van der Waals surface area contributed by atoms with Crippen LogP contribution in [0.3, 0.4) is 0 Å². The highest BCUT2D eigenvalue weighted by Gasteiger charge is 2.06. The molecule has 3 N–H and O–H groups in total. The normalized spacial score (nSPS) is 10.3. The molecule has 2 rings (SSSR count). The van der Waals surface area contributed by atoms with E-state index in [2.05, 4.69) is 10.6 Å². The van der Waals surface area contributed by atoms with Crippen molar-refractivity contribution in [3.05, 3.63) is 60.2 Å². The molecule has 0 aliphatic carbocycles. The number of thiocarbonyl (C=S) groups is 1. The molecule has 0 fully saturated rings. The molecule has 0 radical (unpaired) electrons. The van der Waals surface area contributed by atoms with Crippen LogP contribution in [0.25, 0.3) is 6.08 Å². The maximum Gasteiger partial charge on any atom is 0.328 e. The van der Waals surface area contributed by atoms with Crippen LogP contribution in [0.1, 0.15) is 5.56 Å². The number of nitrogens with one attached hydrogen (secondary N) is 2. The molecule has 7 nitrogen and oxygen atoms in total. The average Bonchev–Trinajstić information content (AvgIpc) is 2.65. The van der Waals surface area contributed by atoms with Crippen LogP contribution in [0.2, 0.25) is 0 Å². The lowest BCUT2D eigenvalue weighted by molar-refractivity contribution is -0.131. The van der Waals surface area contributed by atoms with Crippen molar-refractivity contribution in [2.45, 2.75) is 0 Å². The van der Waals surface area contributed by atoms with E-state index in [4.69, 9.17) is 26.8 Å². The van der Waals surface area contributed by atoms with Gasteiger partial charge in [0.25, 0.3) is 5.91 Å². The molecule has 0 aromatic heterocycles. The minimum Gasteiger partial charge on any atom is -0.497 e. The van der Waals surface area contributed by atoms with E-state index in [9.17, 15) is 9.59 Å². The van der Waals surface area contributed by atoms with Crippen molar-refractivity contribution in [1.29, 1.82) is 0 Å². The molecule has 0 aliphatic rings. The van der Waals surface area contributed by atoms with Gasteiger partial charge in [0.15, 0.2) is 11.7 Å². The van der Waals surface area contributed by atoms with Gasteiger partial charge in [-0.05, 0) is 60.3 Å². The summed E-state index contributed by atoms with van der Waals surface area (Å²) in [5.41, 5.74) is 1.29. The van der Waals surface area contributed by atoms with E-state index in [1.807, 2.05) is 0 Å². The summed E-state index contributed by atoms with van der Waals surface area (Å²) >= 11 is 5.10. The molecule has 8 heteroatoms. The Balaban J connectivity index is 1.83. The Morgan fingerprint density at radius 2 is 1.85 bits per heavy atom. The number of rotatable bonds is 7. The Hall–Kier alpha value is -3.39. The summed E-state index contributed by atoms with van der Waals surface area (Å²) in [5, 5.41) is 14.1. The van der Waals surface area contributed by atoms with E-state index in [0.717, 1.165) is 6.08 Å². The molecule has 0 bridgehead atoms. The highest BCUT2D eigenvalue weighted by atomic mass is 32.1. The summed E-state index contributed by atoms with van der Waals surface area (Å²) in [6.45, 7) is -0.199. The van der Waals surface area contributed by atoms with E-state index < -0.39 is 11.9 Å². The Morgan fingerprint density at radius 1 is 1.15 bits per heavy atom. The fourth-order valence-electron chi connectivity index (χ4n) is 2.03. The van der Waals surface area contributed by atoms with E-state index in [1.54, 1.807) is 55.6 Å². The summed E-state index contributed by atoms with van der Waals surface area (Å²) in [6.07, 6.45) is 2.49. The van der Waals surface area contributed by atoms with Crippen LogP contribution in [0.15, 0.2) is 54.6 Å². The van der Waals surface area contributed by atoms with Crippen molar-refractivity contribution >= 4 is 41.0 Å². The second-order valence-electron chi connectivity index (χ2n) is 5.26. The van der Waals surface area contributed by atoms with Crippen LogP contribution in [-0.4, -0.2) is 35.8 Å². The highest BCUT2D eigenvalue weighted by molar-refractivity contribution is 7.80. The van der Waals surface area contributed by atoms with E-state index in [0.29, 0.717) is 22.7 Å². The summed E-state index contributed by atoms with van der Waals surface area (Å²) in [7, 11) is 1.56. The van der Waals surface area contributed by atoms with Gasteiger partial charge >= 0.3 is 5.97 Å². The number of ether oxygens (including phenoxy) is 2. The molecular weight excluding hydrogens is 368 g/mol. The fourth-order valence-corrected chi connectivity index (χ4v) is 2.27. The van der Waals surface area contributed by atoms with E-state index in [-0.39, 0.29) is 11.7 Å². The van der Waals surface area contributed by atoms with Crippen LogP contribution in [-0.2, 0) is 9.59 Å². The number of anilines is 1. The lowest BCUT2D eigenvalue weighted by Crippen LogP contribution is -2.37. The Bertz CT molecular complexity index is 849. The molecule has 0 spiro atoms. The number of carboxylic acid groups (broad SMARTS) is 1.